The monoisotopic (exact) mass is 276 g/mol. The van der Waals surface area contributed by atoms with E-state index in [0.717, 1.165) is 27.0 Å². The molecule has 1 nitrogen and oxygen atoms in total. The zero-order chi connectivity index (χ0) is 10.7. The van der Waals surface area contributed by atoms with Crippen LogP contribution in [0.3, 0.4) is 0 Å². The summed E-state index contributed by atoms with van der Waals surface area (Å²) in [5, 5.41) is 9.97. The van der Waals surface area contributed by atoms with Gasteiger partial charge < -0.3 is 5.11 Å². The largest absolute Gasteiger partial charge is 0.396 e. The van der Waals surface area contributed by atoms with Crippen LogP contribution in [0.2, 0.25) is 5.02 Å². The van der Waals surface area contributed by atoms with Gasteiger partial charge >= 0.3 is 0 Å². The maximum absolute atomic E-state index is 9.24. The van der Waals surface area contributed by atoms with Crippen LogP contribution in [0.4, 0.5) is 0 Å². The highest BCUT2D eigenvalue weighted by Crippen LogP contribution is 2.35. The lowest BCUT2D eigenvalue weighted by Crippen LogP contribution is -2.05. The molecular formula is C11H14BrClO. The van der Waals surface area contributed by atoms with Crippen molar-refractivity contribution < 1.29 is 5.11 Å². The Hall–Kier alpha value is -0.0500. The van der Waals surface area contributed by atoms with Gasteiger partial charge in [-0.3, -0.25) is 0 Å². The number of hydrogen-bond donors (Lipinski definition) is 1. The summed E-state index contributed by atoms with van der Waals surface area (Å²) in [5.41, 5.74) is 2.17. The molecule has 0 radical (unpaired) electrons. The maximum atomic E-state index is 9.24. The summed E-state index contributed by atoms with van der Waals surface area (Å²) in [4.78, 5) is 0. The number of hydrogen-bond acceptors (Lipinski definition) is 1. The predicted octanol–water partition coefficient (Wildman–Crippen LogP) is 3.90. The van der Waals surface area contributed by atoms with Crippen molar-refractivity contribution in [1.82, 2.24) is 0 Å². The molecule has 0 aliphatic heterocycles. The van der Waals surface area contributed by atoms with Crippen molar-refractivity contribution in [1.29, 1.82) is 0 Å². The van der Waals surface area contributed by atoms with Crippen molar-refractivity contribution in [2.75, 3.05) is 6.61 Å². The minimum Gasteiger partial charge on any atom is -0.396 e. The topological polar surface area (TPSA) is 20.2 Å². The van der Waals surface area contributed by atoms with Gasteiger partial charge in [-0.25, -0.2) is 0 Å². The molecule has 0 aliphatic rings. The number of aliphatic hydroxyl groups is 1. The first kappa shape index (κ1) is 12.0. The summed E-state index contributed by atoms with van der Waals surface area (Å²) >= 11 is 9.63. The Kier molecular flexibility index (Phi) is 4.42. The molecule has 0 aliphatic carbocycles. The first-order valence-electron chi connectivity index (χ1n) is 4.67. The van der Waals surface area contributed by atoms with Crippen LogP contribution in [-0.4, -0.2) is 11.7 Å². The minimum absolute atomic E-state index is 0.122. The number of aliphatic hydroxyl groups excluding tert-OH is 1. The number of aryl methyl sites for hydroxylation is 1. The van der Waals surface area contributed by atoms with Crippen LogP contribution in [-0.2, 0) is 0 Å². The molecule has 0 spiro atoms. The molecule has 0 bridgehead atoms. The quantitative estimate of drug-likeness (QED) is 0.888. The van der Waals surface area contributed by atoms with Crippen molar-refractivity contribution in [3.63, 3.8) is 0 Å². The normalized spacial score (nSPS) is 12.9. The Morgan fingerprint density at radius 2 is 2.14 bits per heavy atom. The average molecular weight is 278 g/mol. The van der Waals surface area contributed by atoms with Gasteiger partial charge in [0, 0.05) is 15.4 Å². The highest BCUT2D eigenvalue weighted by Gasteiger charge is 2.16. The van der Waals surface area contributed by atoms with Gasteiger partial charge in [-0.2, -0.15) is 0 Å². The molecule has 1 N–H and O–H groups in total. The van der Waals surface area contributed by atoms with Gasteiger partial charge in [-0.1, -0.05) is 40.5 Å². The van der Waals surface area contributed by atoms with Crippen LogP contribution in [0.1, 0.15) is 30.4 Å². The maximum Gasteiger partial charge on any atom is 0.0500 e. The second kappa shape index (κ2) is 5.15. The summed E-state index contributed by atoms with van der Waals surface area (Å²) in [5.74, 6) is 0.122. The zero-order valence-corrected chi connectivity index (χ0v) is 10.7. The molecule has 0 saturated carbocycles. The number of benzene rings is 1. The first-order chi connectivity index (χ1) is 6.61. The van der Waals surface area contributed by atoms with E-state index in [4.69, 9.17) is 11.6 Å². The SMILES string of the molecule is CCC(CO)c1c(Cl)ccc(C)c1Br. The predicted molar refractivity (Wildman–Crippen MR) is 64.0 cm³/mol. The van der Waals surface area contributed by atoms with Gasteiger partial charge in [0.1, 0.15) is 0 Å². The van der Waals surface area contributed by atoms with Crippen LogP contribution < -0.4 is 0 Å². The molecule has 14 heavy (non-hydrogen) atoms. The van der Waals surface area contributed by atoms with Gasteiger partial charge in [-0.15, -0.1) is 0 Å². The average Bonchev–Trinajstić information content (AvgIpc) is 2.19. The Balaban J connectivity index is 3.23. The second-order valence-corrected chi connectivity index (χ2v) is 4.58. The van der Waals surface area contributed by atoms with Crippen LogP contribution >= 0.6 is 27.5 Å². The Morgan fingerprint density at radius 3 is 2.64 bits per heavy atom. The molecule has 0 aromatic heterocycles. The standard InChI is InChI=1S/C11H14BrClO/c1-3-8(6-14)10-9(13)5-4-7(2)11(10)12/h4-5,8,14H,3,6H2,1-2H3. The van der Waals surface area contributed by atoms with Crippen LogP contribution in [0.5, 0.6) is 0 Å². The fraction of sp³-hybridized carbons (Fsp3) is 0.455. The van der Waals surface area contributed by atoms with E-state index in [9.17, 15) is 5.11 Å². The summed E-state index contributed by atoms with van der Waals surface area (Å²) in [6.07, 6.45) is 0.887. The highest BCUT2D eigenvalue weighted by atomic mass is 79.9. The van der Waals surface area contributed by atoms with Crippen molar-refractivity contribution in [3.05, 3.63) is 32.8 Å². The molecule has 0 amide bonds. The first-order valence-corrected chi connectivity index (χ1v) is 5.84. The van der Waals surface area contributed by atoms with Crippen molar-refractivity contribution >= 4 is 27.5 Å². The van der Waals surface area contributed by atoms with E-state index in [1.807, 2.05) is 26.0 Å². The summed E-state index contributed by atoms with van der Waals surface area (Å²) in [6, 6.07) is 3.86. The van der Waals surface area contributed by atoms with Gasteiger partial charge in [0.2, 0.25) is 0 Å². The molecule has 0 heterocycles. The molecule has 78 valence electrons. The van der Waals surface area contributed by atoms with Gasteiger partial charge in [0.05, 0.1) is 6.61 Å². The lowest BCUT2D eigenvalue weighted by molar-refractivity contribution is 0.262. The lowest BCUT2D eigenvalue weighted by atomic mass is 9.96. The molecule has 3 heteroatoms. The van der Waals surface area contributed by atoms with Crippen LogP contribution in [0, 0.1) is 6.92 Å². The van der Waals surface area contributed by atoms with Crippen molar-refractivity contribution in [2.45, 2.75) is 26.2 Å². The van der Waals surface area contributed by atoms with E-state index >= 15 is 0 Å². The van der Waals surface area contributed by atoms with Gasteiger partial charge in [-0.05, 0) is 30.5 Å². The summed E-state index contributed by atoms with van der Waals surface area (Å²) in [6.45, 7) is 4.21. The van der Waals surface area contributed by atoms with E-state index < -0.39 is 0 Å². The molecule has 1 aromatic rings. The van der Waals surface area contributed by atoms with Crippen LogP contribution in [0.25, 0.3) is 0 Å². The third-order valence-corrected chi connectivity index (χ3v) is 3.82. The number of rotatable bonds is 3. The Bertz CT molecular complexity index is 321. The number of halogens is 2. The Labute approximate surface area is 98.2 Å². The molecule has 0 saturated heterocycles. The van der Waals surface area contributed by atoms with Gasteiger partial charge in [0.15, 0.2) is 0 Å². The fourth-order valence-electron chi connectivity index (χ4n) is 1.48. The van der Waals surface area contributed by atoms with Gasteiger partial charge in [0.25, 0.3) is 0 Å². The van der Waals surface area contributed by atoms with E-state index in [1.165, 1.54) is 0 Å². The second-order valence-electron chi connectivity index (χ2n) is 3.38. The molecule has 1 aromatic carbocycles. The van der Waals surface area contributed by atoms with Crippen molar-refractivity contribution in [3.8, 4) is 0 Å². The van der Waals surface area contributed by atoms with E-state index in [-0.39, 0.29) is 12.5 Å². The molecular weight excluding hydrogens is 263 g/mol. The van der Waals surface area contributed by atoms with Crippen LogP contribution in [0.15, 0.2) is 16.6 Å². The van der Waals surface area contributed by atoms with Crippen molar-refractivity contribution in [2.24, 2.45) is 0 Å². The van der Waals surface area contributed by atoms with E-state index in [2.05, 4.69) is 15.9 Å². The highest BCUT2D eigenvalue weighted by molar-refractivity contribution is 9.10. The Morgan fingerprint density at radius 1 is 1.50 bits per heavy atom. The summed E-state index contributed by atoms with van der Waals surface area (Å²) < 4.78 is 1.02. The smallest absolute Gasteiger partial charge is 0.0500 e. The minimum atomic E-state index is 0.122. The van der Waals surface area contributed by atoms with E-state index in [0.29, 0.717) is 0 Å². The lowest BCUT2D eigenvalue weighted by Gasteiger charge is -2.17. The zero-order valence-electron chi connectivity index (χ0n) is 8.35. The molecule has 1 unspecified atom stereocenters. The summed E-state index contributed by atoms with van der Waals surface area (Å²) in [7, 11) is 0. The fourth-order valence-corrected chi connectivity index (χ4v) is 2.57. The molecule has 1 atom stereocenters. The van der Waals surface area contributed by atoms with E-state index in [1.54, 1.807) is 0 Å². The third kappa shape index (κ3) is 2.30. The molecule has 1 rings (SSSR count). The molecule has 0 fully saturated rings. The third-order valence-electron chi connectivity index (χ3n) is 2.44.